The number of nitrogens with one attached hydrogen (secondary N) is 1. The van der Waals surface area contributed by atoms with Crippen molar-refractivity contribution in [3.8, 4) is 0 Å². The number of hydrogen-bond donors (Lipinski definition) is 2. The van der Waals surface area contributed by atoms with Gasteiger partial charge in [-0.3, -0.25) is 14.5 Å². The molecule has 0 unspecified atom stereocenters. The van der Waals surface area contributed by atoms with Crippen molar-refractivity contribution in [2.75, 3.05) is 76.6 Å². The number of alkyl halides is 3. The maximum atomic E-state index is 14.2. The van der Waals surface area contributed by atoms with Crippen molar-refractivity contribution in [1.29, 1.82) is 0 Å². The molecule has 60 heavy (non-hydrogen) atoms. The number of amides is 5. The number of nitrogens with two attached hydrogens (primary N) is 1. The molecule has 0 saturated carbocycles. The Morgan fingerprint density at radius 2 is 1.53 bits per heavy atom. The van der Waals surface area contributed by atoms with Crippen LogP contribution in [0.1, 0.15) is 75.0 Å². The van der Waals surface area contributed by atoms with Crippen LogP contribution in [0.25, 0.3) is 0 Å². The molecule has 2 aromatic rings. The number of nitrogen functional groups attached to an aromatic ring is 1. The summed E-state index contributed by atoms with van der Waals surface area (Å²) < 4.78 is 52.8. The quantitative estimate of drug-likeness (QED) is 0.123. The van der Waals surface area contributed by atoms with Crippen LogP contribution in [0.5, 0.6) is 0 Å². The third-order valence-electron chi connectivity index (χ3n) is 12.0. The van der Waals surface area contributed by atoms with Crippen molar-refractivity contribution in [3.05, 3.63) is 58.1 Å². The Kier molecular flexibility index (Phi) is 15.1. The smallest absolute Gasteiger partial charge is 0.418 e. The van der Waals surface area contributed by atoms with Crippen LogP contribution in [0.4, 0.5) is 34.1 Å². The normalized spacial score (nSPS) is 19.0. The van der Waals surface area contributed by atoms with Crippen LogP contribution in [-0.2, 0) is 42.9 Å². The SMILES string of the molecule is CCCCCCOC(=O)C(=O)N1CCC(N2CCN(C(=O)[C@@H](Cc3cc(Cl)c(N)c(C(F)(F)F)c3)OC(=O)N3CCC(N4CCc5ccccc5NC4=O)CC3)CC2)CC1. The van der Waals surface area contributed by atoms with Gasteiger partial charge in [0.15, 0.2) is 6.10 Å². The van der Waals surface area contributed by atoms with Gasteiger partial charge in [0, 0.05) is 83.1 Å². The molecule has 2 aromatic carbocycles. The minimum absolute atomic E-state index is 0.0277. The van der Waals surface area contributed by atoms with Gasteiger partial charge in [0.2, 0.25) is 0 Å². The van der Waals surface area contributed by atoms with E-state index in [-0.39, 0.29) is 67.9 Å². The van der Waals surface area contributed by atoms with Crippen molar-refractivity contribution >= 4 is 52.9 Å². The predicted octanol–water partition coefficient (Wildman–Crippen LogP) is 5.80. The molecule has 3 fully saturated rings. The van der Waals surface area contributed by atoms with Gasteiger partial charge in [-0.25, -0.2) is 14.4 Å². The molecule has 4 aliphatic heterocycles. The molecule has 328 valence electrons. The molecule has 3 saturated heterocycles. The number of halogens is 4. The van der Waals surface area contributed by atoms with Gasteiger partial charge in [0.05, 0.1) is 22.9 Å². The second kappa shape index (κ2) is 20.2. The highest BCUT2D eigenvalue weighted by Crippen LogP contribution is 2.38. The van der Waals surface area contributed by atoms with Crippen LogP contribution in [-0.4, -0.2) is 138 Å². The number of fused-ring (bicyclic) bond motifs is 1. The highest BCUT2D eigenvalue weighted by Gasteiger charge is 2.39. The Labute approximate surface area is 353 Å². The molecule has 5 amide bonds. The molecule has 14 nitrogen and oxygen atoms in total. The zero-order valence-electron chi connectivity index (χ0n) is 34.0. The minimum atomic E-state index is -4.81. The number of carbonyl (C=O) groups is 5. The predicted molar refractivity (Wildman–Crippen MR) is 218 cm³/mol. The Hall–Kier alpha value is -4.77. The number of piperazine rings is 1. The first kappa shape index (κ1) is 44.8. The van der Waals surface area contributed by atoms with Crippen molar-refractivity contribution < 1.29 is 46.6 Å². The maximum Gasteiger partial charge on any atom is 0.418 e. The Morgan fingerprint density at radius 3 is 2.22 bits per heavy atom. The van der Waals surface area contributed by atoms with Crippen LogP contribution in [0.2, 0.25) is 5.02 Å². The van der Waals surface area contributed by atoms with E-state index < -0.39 is 47.4 Å². The number of hydrogen-bond acceptors (Lipinski definition) is 9. The molecule has 3 N–H and O–H groups in total. The first-order chi connectivity index (χ1) is 28.7. The van der Waals surface area contributed by atoms with E-state index >= 15 is 0 Å². The number of unbranched alkanes of at least 4 members (excludes halogenated alkanes) is 3. The first-order valence-corrected chi connectivity index (χ1v) is 21.4. The molecular formula is C42H55ClF3N7O7. The van der Waals surface area contributed by atoms with Crippen molar-refractivity contribution in [2.24, 2.45) is 0 Å². The summed E-state index contributed by atoms with van der Waals surface area (Å²) in [5, 5.41) is 2.64. The minimum Gasteiger partial charge on any atom is -0.459 e. The number of carbonyl (C=O) groups excluding carboxylic acids is 5. The Morgan fingerprint density at radius 1 is 0.867 bits per heavy atom. The van der Waals surface area contributed by atoms with Crippen LogP contribution in [0.3, 0.4) is 0 Å². The van der Waals surface area contributed by atoms with Gasteiger partial charge < -0.3 is 40.1 Å². The van der Waals surface area contributed by atoms with Crippen LogP contribution in [0, 0.1) is 0 Å². The lowest BCUT2D eigenvalue weighted by Gasteiger charge is -2.43. The summed E-state index contributed by atoms with van der Waals surface area (Å²) in [5.74, 6) is -2.01. The van der Waals surface area contributed by atoms with Gasteiger partial charge >= 0.3 is 30.2 Å². The van der Waals surface area contributed by atoms with Crippen LogP contribution >= 0.6 is 11.6 Å². The average Bonchev–Trinajstić information content (AvgIpc) is 3.41. The summed E-state index contributed by atoms with van der Waals surface area (Å²) in [7, 11) is 0. The molecule has 18 heteroatoms. The number of urea groups is 1. The number of esters is 1. The van der Waals surface area contributed by atoms with Gasteiger partial charge in [-0.05, 0) is 67.9 Å². The molecular weight excluding hydrogens is 807 g/mol. The number of benzene rings is 2. The van der Waals surface area contributed by atoms with Crippen LogP contribution in [0.15, 0.2) is 36.4 Å². The number of piperidine rings is 2. The van der Waals surface area contributed by atoms with E-state index in [1.54, 1.807) is 9.80 Å². The fraction of sp³-hybridized carbons (Fsp3) is 0.595. The molecule has 4 aliphatic rings. The fourth-order valence-electron chi connectivity index (χ4n) is 8.54. The van der Waals surface area contributed by atoms with Gasteiger partial charge in [0.1, 0.15) is 0 Å². The van der Waals surface area contributed by atoms with E-state index in [2.05, 4.69) is 17.1 Å². The third-order valence-corrected chi connectivity index (χ3v) is 12.4. The number of nitrogens with zero attached hydrogens (tertiary/aromatic N) is 5. The zero-order chi connectivity index (χ0) is 43.0. The van der Waals surface area contributed by atoms with Crippen molar-refractivity contribution in [2.45, 2.75) is 95.5 Å². The number of para-hydroxylation sites is 1. The lowest BCUT2D eigenvalue weighted by molar-refractivity contribution is -0.161. The van der Waals surface area contributed by atoms with Crippen molar-refractivity contribution in [3.63, 3.8) is 0 Å². The Balaban J connectivity index is 1.05. The number of rotatable bonds is 11. The highest BCUT2D eigenvalue weighted by atomic mass is 35.5. The fourth-order valence-corrected chi connectivity index (χ4v) is 8.79. The summed E-state index contributed by atoms with van der Waals surface area (Å²) in [4.78, 5) is 74.6. The summed E-state index contributed by atoms with van der Waals surface area (Å²) in [5.41, 5.74) is 5.73. The lowest BCUT2D eigenvalue weighted by Crippen LogP contribution is -2.57. The summed E-state index contributed by atoms with van der Waals surface area (Å²) in [6.45, 7) is 5.63. The first-order valence-electron chi connectivity index (χ1n) is 21.0. The second-order valence-corrected chi connectivity index (χ2v) is 16.4. The maximum absolute atomic E-state index is 14.2. The van der Waals surface area contributed by atoms with Crippen LogP contribution < -0.4 is 11.1 Å². The highest BCUT2D eigenvalue weighted by molar-refractivity contribution is 6.33. The molecule has 1 atom stereocenters. The summed E-state index contributed by atoms with van der Waals surface area (Å²) >= 11 is 6.14. The van der Waals surface area contributed by atoms with E-state index in [1.807, 2.05) is 24.3 Å². The topological polar surface area (TPSA) is 158 Å². The van der Waals surface area contributed by atoms with Gasteiger partial charge in [-0.15, -0.1) is 0 Å². The van der Waals surface area contributed by atoms with E-state index in [9.17, 15) is 37.1 Å². The average molecular weight is 862 g/mol. The molecule has 0 aliphatic carbocycles. The molecule has 0 bridgehead atoms. The van der Waals surface area contributed by atoms with E-state index in [0.29, 0.717) is 64.8 Å². The molecule has 6 rings (SSSR count). The number of likely N-dealkylation sites (tertiary alicyclic amines) is 2. The van der Waals surface area contributed by atoms with Crippen molar-refractivity contribution in [1.82, 2.24) is 24.5 Å². The molecule has 0 radical (unpaired) electrons. The van der Waals surface area contributed by atoms with E-state index in [4.69, 9.17) is 26.8 Å². The third kappa shape index (κ3) is 11.1. The molecule has 0 spiro atoms. The van der Waals surface area contributed by atoms with Gasteiger partial charge in [-0.1, -0.05) is 56.0 Å². The summed E-state index contributed by atoms with van der Waals surface area (Å²) in [6, 6.07) is 9.47. The molecule has 4 heterocycles. The van der Waals surface area contributed by atoms with Gasteiger partial charge in [0.25, 0.3) is 5.91 Å². The monoisotopic (exact) mass is 861 g/mol. The standard InChI is InChI=1S/C42H55ClF3N7O7/c1-2-3-4-7-24-59-39(56)38(55)50-15-11-30(12-16-50)49-20-22-51(23-21-49)37(54)35(27-28-25-32(42(44,45)46)36(47)33(43)26-28)60-41(58)52-17-13-31(14-18-52)53-19-10-29-8-5-6-9-34(29)48-40(53)57/h5-6,8-9,25-26,30-31,35H,2-4,7,10-24,27,47H2,1H3,(H,48,57)/t35-/m1/s1. The lowest BCUT2D eigenvalue weighted by atomic mass is 10.0. The van der Waals surface area contributed by atoms with Gasteiger partial charge in [-0.2, -0.15) is 13.2 Å². The number of anilines is 2. The summed E-state index contributed by atoms with van der Waals surface area (Å²) in [6.07, 6.45) is -0.778. The second-order valence-electron chi connectivity index (χ2n) is 15.9. The van der Waals surface area contributed by atoms with E-state index in [0.717, 1.165) is 43.0 Å². The van der Waals surface area contributed by atoms with E-state index in [1.165, 1.54) is 15.9 Å². The number of ether oxygens (including phenoxy) is 2. The Bertz CT molecular complexity index is 1860. The zero-order valence-corrected chi connectivity index (χ0v) is 34.8. The largest absolute Gasteiger partial charge is 0.459 e. The molecule has 0 aromatic heterocycles.